The topological polar surface area (TPSA) is 21.6 Å². The molecule has 0 aliphatic heterocycles. The van der Waals surface area contributed by atoms with Crippen molar-refractivity contribution in [3.63, 3.8) is 0 Å². The Morgan fingerprint density at radius 1 is 1.67 bits per heavy atom. The van der Waals surface area contributed by atoms with E-state index in [0.717, 1.165) is 12.1 Å². The summed E-state index contributed by atoms with van der Waals surface area (Å²) >= 11 is 0. The predicted octanol–water partition coefficient (Wildman–Crippen LogP) is 1.97. The average molecular weight is 127 g/mol. The molecule has 52 valence electrons. The highest BCUT2D eigenvalue weighted by atomic mass is 16.6. The monoisotopic (exact) mass is 127 g/mol. The normalized spacial score (nSPS) is 12.6. The average Bonchev–Trinajstić information content (AvgIpc) is 1.85. The molecule has 0 heterocycles. The Morgan fingerprint density at radius 2 is 2.33 bits per heavy atom. The molecule has 0 rings (SSSR count). The maximum Gasteiger partial charge on any atom is 0.106 e. The van der Waals surface area contributed by atoms with Gasteiger partial charge in [0.25, 0.3) is 0 Å². The van der Waals surface area contributed by atoms with Crippen LogP contribution in [0.15, 0.2) is 17.3 Å². The van der Waals surface area contributed by atoms with Crippen molar-refractivity contribution in [2.45, 2.75) is 20.3 Å². The first kappa shape index (κ1) is 8.21. The summed E-state index contributed by atoms with van der Waals surface area (Å²) in [6.45, 7) is 3.92. The van der Waals surface area contributed by atoms with Crippen LogP contribution in [0.1, 0.15) is 20.3 Å². The fourth-order valence-electron chi connectivity index (χ4n) is 0.482. The van der Waals surface area contributed by atoms with E-state index in [1.165, 1.54) is 0 Å². The van der Waals surface area contributed by atoms with Crippen molar-refractivity contribution >= 4 is 5.71 Å². The van der Waals surface area contributed by atoms with Crippen molar-refractivity contribution in [1.29, 1.82) is 0 Å². The second-order valence-electron chi connectivity index (χ2n) is 1.78. The minimum absolute atomic E-state index is 0.879. The van der Waals surface area contributed by atoms with Crippen molar-refractivity contribution < 1.29 is 4.84 Å². The molecule has 0 radical (unpaired) electrons. The lowest BCUT2D eigenvalue weighted by Crippen LogP contribution is -1.88. The first-order valence-electron chi connectivity index (χ1n) is 2.99. The van der Waals surface area contributed by atoms with Crippen LogP contribution in [-0.4, -0.2) is 12.8 Å². The van der Waals surface area contributed by atoms with Gasteiger partial charge in [0, 0.05) is 6.42 Å². The third-order valence-corrected chi connectivity index (χ3v) is 0.896. The number of rotatable bonds is 3. The standard InChI is InChI=1S/C7H13NO/c1-4-5-6-7(2)8-9-3/h4-5H,6H2,1-3H3. The van der Waals surface area contributed by atoms with Crippen molar-refractivity contribution in [3.8, 4) is 0 Å². The lowest BCUT2D eigenvalue weighted by atomic mass is 10.3. The predicted molar refractivity (Wildman–Crippen MR) is 39.5 cm³/mol. The molecule has 0 aromatic carbocycles. The van der Waals surface area contributed by atoms with Crippen molar-refractivity contribution in [2.75, 3.05) is 7.11 Å². The molecule has 0 fully saturated rings. The molecule has 0 spiro atoms. The molecule has 0 aliphatic carbocycles. The number of oxime groups is 1. The molecule has 0 unspecified atom stereocenters. The van der Waals surface area contributed by atoms with Crippen molar-refractivity contribution in [1.82, 2.24) is 0 Å². The highest BCUT2D eigenvalue weighted by Crippen LogP contribution is 1.87. The Bertz CT molecular complexity index is 116. The molecule has 0 amide bonds. The van der Waals surface area contributed by atoms with Gasteiger partial charge < -0.3 is 4.84 Å². The van der Waals surface area contributed by atoms with E-state index in [4.69, 9.17) is 0 Å². The molecule has 0 aliphatic rings. The molecule has 0 bridgehead atoms. The lowest BCUT2D eigenvalue weighted by Gasteiger charge is -1.91. The maximum atomic E-state index is 4.55. The van der Waals surface area contributed by atoms with E-state index in [9.17, 15) is 0 Å². The molecule has 0 atom stereocenters. The Kier molecular flexibility index (Phi) is 4.88. The van der Waals surface area contributed by atoms with E-state index in [-0.39, 0.29) is 0 Å². The first-order chi connectivity index (χ1) is 4.31. The quantitative estimate of drug-likeness (QED) is 0.322. The van der Waals surface area contributed by atoms with Gasteiger partial charge in [-0.15, -0.1) is 0 Å². The fraction of sp³-hybridized carbons (Fsp3) is 0.571. The highest BCUT2D eigenvalue weighted by Gasteiger charge is 1.83. The Hall–Kier alpha value is -0.790. The van der Waals surface area contributed by atoms with E-state index in [2.05, 4.69) is 9.99 Å². The molecule has 0 aromatic rings. The lowest BCUT2D eigenvalue weighted by molar-refractivity contribution is 0.212. The van der Waals surface area contributed by atoms with Crippen LogP contribution in [0.4, 0.5) is 0 Å². The largest absolute Gasteiger partial charge is 0.399 e. The zero-order valence-corrected chi connectivity index (χ0v) is 6.22. The van der Waals surface area contributed by atoms with Gasteiger partial charge in [-0.1, -0.05) is 17.3 Å². The summed E-state index contributed by atoms with van der Waals surface area (Å²) in [4.78, 5) is 4.55. The van der Waals surface area contributed by atoms with Crippen molar-refractivity contribution in [3.05, 3.63) is 12.2 Å². The van der Waals surface area contributed by atoms with Crippen LogP contribution in [0, 0.1) is 0 Å². The second kappa shape index (κ2) is 5.35. The van der Waals surface area contributed by atoms with E-state index < -0.39 is 0 Å². The summed E-state index contributed by atoms with van der Waals surface area (Å²) in [5.41, 5.74) is 0.996. The number of nitrogens with zero attached hydrogens (tertiary/aromatic N) is 1. The van der Waals surface area contributed by atoms with E-state index in [1.807, 2.05) is 26.0 Å². The molecule has 0 saturated heterocycles. The third kappa shape index (κ3) is 5.07. The minimum atomic E-state index is 0.879. The summed E-state index contributed by atoms with van der Waals surface area (Å²) in [5, 5.41) is 3.73. The molecule has 9 heavy (non-hydrogen) atoms. The number of hydrogen-bond donors (Lipinski definition) is 0. The van der Waals surface area contributed by atoms with Crippen LogP contribution in [-0.2, 0) is 4.84 Å². The Balaban J connectivity index is 3.49. The summed E-state index contributed by atoms with van der Waals surface area (Å²) in [6, 6.07) is 0. The smallest absolute Gasteiger partial charge is 0.106 e. The van der Waals surface area contributed by atoms with Crippen LogP contribution >= 0.6 is 0 Å². The summed E-state index contributed by atoms with van der Waals surface area (Å²) in [6.07, 6.45) is 4.91. The zero-order chi connectivity index (χ0) is 7.11. The summed E-state index contributed by atoms with van der Waals surface area (Å²) in [5.74, 6) is 0. The zero-order valence-electron chi connectivity index (χ0n) is 6.22. The van der Waals surface area contributed by atoms with Gasteiger partial charge in [0.2, 0.25) is 0 Å². The van der Waals surface area contributed by atoms with Gasteiger partial charge in [-0.25, -0.2) is 0 Å². The van der Waals surface area contributed by atoms with Crippen LogP contribution in [0.5, 0.6) is 0 Å². The second-order valence-corrected chi connectivity index (χ2v) is 1.78. The van der Waals surface area contributed by atoms with Gasteiger partial charge in [0.15, 0.2) is 0 Å². The van der Waals surface area contributed by atoms with Gasteiger partial charge in [-0.2, -0.15) is 0 Å². The summed E-state index contributed by atoms with van der Waals surface area (Å²) in [7, 11) is 1.55. The Morgan fingerprint density at radius 3 is 2.78 bits per heavy atom. The van der Waals surface area contributed by atoms with Gasteiger partial charge >= 0.3 is 0 Å². The Labute approximate surface area is 56.2 Å². The van der Waals surface area contributed by atoms with Crippen molar-refractivity contribution in [2.24, 2.45) is 5.16 Å². The SMILES string of the molecule is CC=CCC(C)=NOC. The molecular formula is C7H13NO. The minimum Gasteiger partial charge on any atom is -0.399 e. The molecule has 0 N–H and O–H groups in total. The summed E-state index contributed by atoms with van der Waals surface area (Å²) < 4.78 is 0. The van der Waals surface area contributed by atoms with Gasteiger partial charge in [0.1, 0.15) is 7.11 Å². The molecular weight excluding hydrogens is 114 g/mol. The maximum absolute atomic E-state index is 4.55. The van der Waals surface area contributed by atoms with E-state index in [0.29, 0.717) is 0 Å². The number of hydrogen-bond acceptors (Lipinski definition) is 2. The van der Waals surface area contributed by atoms with Crippen LogP contribution in [0.2, 0.25) is 0 Å². The molecule has 0 saturated carbocycles. The van der Waals surface area contributed by atoms with Gasteiger partial charge in [0.05, 0.1) is 5.71 Å². The molecule has 2 nitrogen and oxygen atoms in total. The van der Waals surface area contributed by atoms with Crippen LogP contribution < -0.4 is 0 Å². The van der Waals surface area contributed by atoms with Gasteiger partial charge in [-0.05, 0) is 13.8 Å². The van der Waals surface area contributed by atoms with Gasteiger partial charge in [-0.3, -0.25) is 0 Å². The van der Waals surface area contributed by atoms with Crippen LogP contribution in [0.25, 0.3) is 0 Å². The van der Waals surface area contributed by atoms with Crippen LogP contribution in [0.3, 0.4) is 0 Å². The first-order valence-corrected chi connectivity index (χ1v) is 2.99. The number of allylic oxidation sites excluding steroid dienone is 2. The molecule has 2 heteroatoms. The highest BCUT2D eigenvalue weighted by molar-refractivity contribution is 5.82. The van der Waals surface area contributed by atoms with E-state index >= 15 is 0 Å². The molecule has 0 aromatic heterocycles. The third-order valence-electron chi connectivity index (χ3n) is 0.896. The van der Waals surface area contributed by atoms with E-state index in [1.54, 1.807) is 7.11 Å². The fourth-order valence-corrected chi connectivity index (χ4v) is 0.482.